The number of thiazole rings is 1. The Morgan fingerprint density at radius 2 is 1.92 bits per heavy atom. The molecule has 4 rings (SSSR count). The molecule has 0 amide bonds. The van der Waals surface area contributed by atoms with Crippen LogP contribution in [0.25, 0.3) is 6.08 Å². The summed E-state index contributed by atoms with van der Waals surface area (Å²) in [5.41, 5.74) is 2.16. The predicted octanol–water partition coefficient (Wildman–Crippen LogP) is 4.15. The molecule has 0 N–H and O–H groups in total. The van der Waals surface area contributed by atoms with Crippen LogP contribution in [0.2, 0.25) is 0 Å². The quantitative estimate of drug-likeness (QED) is 0.314. The van der Waals surface area contributed by atoms with E-state index in [9.17, 15) is 9.59 Å². The van der Waals surface area contributed by atoms with Gasteiger partial charge in [-0.2, -0.15) is 0 Å². The number of fused-ring (bicyclic) bond motifs is 1. The first-order chi connectivity index (χ1) is 17.8. The molecule has 0 fully saturated rings. The summed E-state index contributed by atoms with van der Waals surface area (Å²) in [7, 11) is 0. The smallest absolute Gasteiger partial charge is 0.338 e. The van der Waals surface area contributed by atoms with Crippen molar-refractivity contribution >= 4 is 23.4 Å². The van der Waals surface area contributed by atoms with E-state index >= 15 is 0 Å². The van der Waals surface area contributed by atoms with E-state index in [1.54, 1.807) is 24.5 Å². The van der Waals surface area contributed by atoms with E-state index < -0.39 is 12.0 Å². The summed E-state index contributed by atoms with van der Waals surface area (Å²) in [6, 6.07) is 14.2. The van der Waals surface area contributed by atoms with Gasteiger partial charge < -0.3 is 14.2 Å². The van der Waals surface area contributed by atoms with Crippen LogP contribution in [0.4, 0.5) is 0 Å². The minimum atomic E-state index is -0.687. The minimum Gasteiger partial charge on any atom is -0.490 e. The van der Waals surface area contributed by atoms with Crippen LogP contribution in [-0.2, 0) is 9.53 Å². The molecule has 2 heterocycles. The van der Waals surface area contributed by atoms with Crippen molar-refractivity contribution in [2.75, 3.05) is 13.2 Å². The number of carbonyl (C=O) groups excluding carboxylic acids is 1. The Balaban J connectivity index is 1.88. The Kier molecular flexibility index (Phi) is 8.08. The number of aromatic nitrogens is 1. The molecule has 1 aliphatic rings. The van der Waals surface area contributed by atoms with Gasteiger partial charge in [-0.25, -0.2) is 9.79 Å². The van der Waals surface area contributed by atoms with Gasteiger partial charge in [0, 0.05) is 5.56 Å². The Labute approximate surface area is 219 Å². The highest BCUT2D eigenvalue weighted by atomic mass is 32.1. The summed E-state index contributed by atoms with van der Waals surface area (Å²) >= 11 is 1.28. The van der Waals surface area contributed by atoms with Crippen molar-refractivity contribution in [3.05, 3.63) is 103 Å². The highest BCUT2D eigenvalue weighted by Gasteiger charge is 2.33. The van der Waals surface area contributed by atoms with Crippen LogP contribution in [-0.4, -0.2) is 29.9 Å². The van der Waals surface area contributed by atoms with Gasteiger partial charge in [-0.15, -0.1) is 0 Å². The fraction of sp³-hybridized carbons (Fsp3) is 0.276. The molecular formula is C29H30N2O5S. The maximum atomic E-state index is 13.8. The van der Waals surface area contributed by atoms with Gasteiger partial charge in [-0.3, -0.25) is 9.36 Å². The van der Waals surface area contributed by atoms with Crippen molar-refractivity contribution in [1.29, 1.82) is 0 Å². The largest absolute Gasteiger partial charge is 0.490 e. The van der Waals surface area contributed by atoms with Crippen LogP contribution in [0.5, 0.6) is 11.5 Å². The molecule has 0 saturated heterocycles. The number of esters is 1. The first-order valence-electron chi connectivity index (χ1n) is 12.1. The number of benzene rings is 2. The predicted molar refractivity (Wildman–Crippen MR) is 145 cm³/mol. The van der Waals surface area contributed by atoms with Gasteiger partial charge >= 0.3 is 5.97 Å². The zero-order chi connectivity index (χ0) is 26.5. The standard InChI is InChI=1S/C29H30N2O5S/c1-6-16-35-22-14-12-20(13-15-22)26-25(28(33)34-7-2)19(5)30-29-31(26)27(32)24(37-29)17-21-10-8-9-11-23(21)36-18(3)4/h6,8-15,17-18,26H,1,7,16H2,2-5H3/t26-/m1/s1. The normalized spacial score (nSPS) is 15.3. The number of para-hydroxylation sites is 1. The summed E-state index contributed by atoms with van der Waals surface area (Å²) < 4.78 is 19.0. The SMILES string of the molecule is C=CCOc1ccc([C@@H]2C(C(=O)OCC)=C(C)N=c3sc(=Cc4ccccc4OC(C)C)c(=O)n32)cc1. The molecule has 0 bridgehead atoms. The van der Waals surface area contributed by atoms with Crippen molar-refractivity contribution < 1.29 is 19.0 Å². The Hall–Kier alpha value is -3.91. The van der Waals surface area contributed by atoms with Crippen LogP contribution in [0.3, 0.4) is 0 Å². The fourth-order valence-corrected chi connectivity index (χ4v) is 5.15. The zero-order valence-electron chi connectivity index (χ0n) is 21.4. The first-order valence-corrected chi connectivity index (χ1v) is 12.9. The van der Waals surface area contributed by atoms with Gasteiger partial charge in [-0.05, 0) is 57.5 Å². The molecule has 0 spiro atoms. The molecule has 0 unspecified atom stereocenters. The number of carbonyl (C=O) groups is 1. The van der Waals surface area contributed by atoms with E-state index in [1.807, 2.05) is 68.5 Å². The molecule has 1 atom stereocenters. The molecule has 7 nitrogen and oxygen atoms in total. The highest BCUT2D eigenvalue weighted by Crippen LogP contribution is 2.31. The number of hydrogen-bond acceptors (Lipinski definition) is 7. The molecule has 192 valence electrons. The summed E-state index contributed by atoms with van der Waals surface area (Å²) in [6.07, 6.45) is 3.47. The molecule has 2 aromatic carbocycles. The third kappa shape index (κ3) is 5.59. The number of ether oxygens (including phenoxy) is 3. The Bertz CT molecular complexity index is 1510. The van der Waals surface area contributed by atoms with Crippen LogP contribution in [0.1, 0.15) is 44.9 Å². The maximum Gasteiger partial charge on any atom is 0.338 e. The van der Waals surface area contributed by atoms with E-state index in [4.69, 9.17) is 14.2 Å². The van der Waals surface area contributed by atoms with E-state index in [1.165, 1.54) is 11.3 Å². The van der Waals surface area contributed by atoms with Crippen LogP contribution in [0, 0.1) is 0 Å². The molecule has 37 heavy (non-hydrogen) atoms. The summed E-state index contributed by atoms with van der Waals surface area (Å²) in [4.78, 5) is 32.0. The molecule has 0 saturated carbocycles. The summed E-state index contributed by atoms with van der Waals surface area (Å²) in [5.74, 6) is 0.861. The molecule has 0 radical (unpaired) electrons. The van der Waals surface area contributed by atoms with E-state index in [0.717, 1.165) is 11.1 Å². The molecule has 8 heteroatoms. The summed E-state index contributed by atoms with van der Waals surface area (Å²) in [6.45, 7) is 11.7. The van der Waals surface area contributed by atoms with Gasteiger partial charge in [0.1, 0.15) is 18.1 Å². The lowest BCUT2D eigenvalue weighted by Crippen LogP contribution is -2.39. The Morgan fingerprint density at radius 3 is 2.59 bits per heavy atom. The van der Waals surface area contributed by atoms with Crippen molar-refractivity contribution in [3.63, 3.8) is 0 Å². The molecule has 1 aliphatic heterocycles. The fourth-order valence-electron chi connectivity index (χ4n) is 4.11. The Morgan fingerprint density at radius 1 is 1.19 bits per heavy atom. The van der Waals surface area contributed by atoms with Crippen molar-refractivity contribution in [2.24, 2.45) is 4.99 Å². The summed E-state index contributed by atoms with van der Waals surface area (Å²) in [5, 5.41) is 0. The number of hydrogen-bond donors (Lipinski definition) is 0. The molecule has 3 aromatic rings. The second-order valence-electron chi connectivity index (χ2n) is 8.68. The topological polar surface area (TPSA) is 79.1 Å². The van der Waals surface area contributed by atoms with Crippen molar-refractivity contribution in [3.8, 4) is 11.5 Å². The highest BCUT2D eigenvalue weighted by molar-refractivity contribution is 7.07. The van der Waals surface area contributed by atoms with Crippen LogP contribution in [0.15, 0.2) is 82.2 Å². The van der Waals surface area contributed by atoms with Gasteiger partial charge in [0.15, 0.2) is 4.80 Å². The van der Waals surface area contributed by atoms with Crippen molar-refractivity contribution in [2.45, 2.75) is 39.8 Å². The lowest BCUT2D eigenvalue weighted by atomic mass is 9.96. The first kappa shape index (κ1) is 26.2. The number of allylic oxidation sites excluding steroid dienone is 1. The van der Waals surface area contributed by atoms with E-state index in [2.05, 4.69) is 11.6 Å². The molecular weight excluding hydrogens is 488 g/mol. The average molecular weight is 519 g/mol. The third-order valence-electron chi connectivity index (χ3n) is 5.65. The second kappa shape index (κ2) is 11.4. The molecule has 1 aromatic heterocycles. The van der Waals surface area contributed by atoms with Gasteiger partial charge in [-0.1, -0.05) is 54.3 Å². The van der Waals surface area contributed by atoms with E-state index in [-0.39, 0.29) is 18.3 Å². The van der Waals surface area contributed by atoms with Gasteiger partial charge in [0.2, 0.25) is 0 Å². The minimum absolute atomic E-state index is 0.0102. The zero-order valence-corrected chi connectivity index (χ0v) is 22.2. The van der Waals surface area contributed by atoms with Crippen molar-refractivity contribution in [1.82, 2.24) is 4.57 Å². The lowest BCUT2D eigenvalue weighted by Gasteiger charge is -2.24. The second-order valence-corrected chi connectivity index (χ2v) is 9.68. The van der Waals surface area contributed by atoms with Gasteiger partial charge in [0.25, 0.3) is 5.56 Å². The third-order valence-corrected chi connectivity index (χ3v) is 6.63. The van der Waals surface area contributed by atoms with Gasteiger partial charge in [0.05, 0.1) is 34.6 Å². The monoisotopic (exact) mass is 518 g/mol. The van der Waals surface area contributed by atoms with Crippen LogP contribution >= 0.6 is 11.3 Å². The molecule has 0 aliphatic carbocycles. The number of nitrogens with zero attached hydrogens (tertiary/aromatic N) is 2. The lowest BCUT2D eigenvalue weighted by molar-refractivity contribution is -0.139. The van der Waals surface area contributed by atoms with E-state index in [0.29, 0.717) is 38.7 Å². The average Bonchev–Trinajstić information content (AvgIpc) is 3.17. The van der Waals surface area contributed by atoms with Crippen LogP contribution < -0.4 is 24.4 Å². The number of rotatable bonds is 9. The maximum absolute atomic E-state index is 13.8.